The molecule has 5 rings (SSSR count). The summed E-state index contributed by atoms with van der Waals surface area (Å²) in [6.07, 6.45) is 3.25. The molecule has 5 atom stereocenters. The first kappa shape index (κ1) is 15.9. The van der Waals surface area contributed by atoms with Crippen LogP contribution in [-0.2, 0) is 15.0 Å². The molecule has 4 aliphatic carbocycles. The van der Waals surface area contributed by atoms with E-state index in [1.165, 1.54) is 12.1 Å². The molecule has 1 unspecified atom stereocenters. The van der Waals surface area contributed by atoms with Gasteiger partial charge in [0.15, 0.2) is 0 Å². The molecule has 2 N–H and O–H groups in total. The summed E-state index contributed by atoms with van der Waals surface area (Å²) in [6, 6.07) is 2.91. The highest BCUT2D eigenvalue weighted by Crippen LogP contribution is 2.76. The molecule has 0 saturated heterocycles. The van der Waals surface area contributed by atoms with Crippen molar-refractivity contribution in [3.63, 3.8) is 0 Å². The maximum Gasteiger partial charge on any atom is 0.145 e. The summed E-state index contributed by atoms with van der Waals surface area (Å²) in [7, 11) is 0. The van der Waals surface area contributed by atoms with E-state index >= 15 is 0 Å². The molecular formula is C22H22O4. The van der Waals surface area contributed by atoms with Gasteiger partial charge in [0.1, 0.15) is 23.1 Å². The summed E-state index contributed by atoms with van der Waals surface area (Å²) < 4.78 is 0. The normalized spacial score (nSPS) is 39.5. The molecule has 4 bridgehead atoms. The number of ketones is 2. The van der Waals surface area contributed by atoms with Gasteiger partial charge < -0.3 is 10.2 Å². The zero-order valence-corrected chi connectivity index (χ0v) is 15.0. The first-order chi connectivity index (χ1) is 12.3. The van der Waals surface area contributed by atoms with Gasteiger partial charge in [0.25, 0.3) is 0 Å². The number of phenols is 2. The second-order valence-electron chi connectivity index (χ2n) is 8.69. The molecule has 2 saturated carbocycles. The molecule has 0 aliphatic heterocycles. The predicted octanol–water partition coefficient (Wildman–Crippen LogP) is 3.52. The van der Waals surface area contributed by atoms with Crippen LogP contribution in [0.2, 0.25) is 0 Å². The summed E-state index contributed by atoms with van der Waals surface area (Å²) >= 11 is 0. The second-order valence-corrected chi connectivity index (χ2v) is 8.69. The minimum atomic E-state index is -1.05. The molecule has 1 aromatic rings. The van der Waals surface area contributed by atoms with Crippen molar-refractivity contribution in [3.05, 3.63) is 47.1 Å². The second kappa shape index (κ2) is 4.48. The summed E-state index contributed by atoms with van der Waals surface area (Å²) in [5.74, 6) is -0.463. The number of hydrogen-bond donors (Lipinski definition) is 2. The predicted molar refractivity (Wildman–Crippen MR) is 96.0 cm³/mol. The molecule has 1 spiro atoms. The molecule has 0 radical (unpaired) electrons. The molecule has 4 nitrogen and oxygen atoms in total. The molecule has 26 heavy (non-hydrogen) atoms. The Morgan fingerprint density at radius 1 is 1.23 bits per heavy atom. The molecule has 0 amide bonds. The van der Waals surface area contributed by atoms with Crippen LogP contribution in [0, 0.1) is 17.3 Å². The van der Waals surface area contributed by atoms with Gasteiger partial charge in [-0.1, -0.05) is 23.8 Å². The maximum atomic E-state index is 13.7. The summed E-state index contributed by atoms with van der Waals surface area (Å²) in [6.45, 7) is 7.98. The van der Waals surface area contributed by atoms with Gasteiger partial charge in [0.2, 0.25) is 0 Å². The number of rotatable bonds is 1. The minimum Gasteiger partial charge on any atom is -0.508 e. The number of Topliss-reactive ketones (excluding diaryl/α,β-unsaturated/α-hetero) is 2. The molecule has 0 aromatic heterocycles. The fourth-order valence-electron chi connectivity index (χ4n) is 6.71. The molecule has 0 heterocycles. The smallest absolute Gasteiger partial charge is 0.145 e. The zero-order chi connectivity index (χ0) is 18.6. The van der Waals surface area contributed by atoms with E-state index in [1.807, 2.05) is 19.9 Å². The average Bonchev–Trinajstić information content (AvgIpc) is 2.87. The van der Waals surface area contributed by atoms with Crippen molar-refractivity contribution >= 4 is 11.6 Å². The summed E-state index contributed by atoms with van der Waals surface area (Å²) in [4.78, 5) is 27.2. The van der Waals surface area contributed by atoms with E-state index in [2.05, 4.69) is 6.58 Å². The summed E-state index contributed by atoms with van der Waals surface area (Å²) in [5, 5.41) is 21.3. The highest BCUT2D eigenvalue weighted by molar-refractivity contribution is 6.11. The van der Waals surface area contributed by atoms with Crippen LogP contribution < -0.4 is 0 Å². The van der Waals surface area contributed by atoms with E-state index in [4.69, 9.17) is 0 Å². The number of fused-ring (bicyclic) bond motifs is 3. The number of carbonyl (C=O) groups is 2. The van der Waals surface area contributed by atoms with E-state index in [9.17, 15) is 19.8 Å². The number of carbonyl (C=O) groups excluding carboxylic acids is 2. The fraction of sp³-hybridized carbons (Fsp3) is 0.455. The molecule has 2 fully saturated rings. The monoisotopic (exact) mass is 350 g/mol. The van der Waals surface area contributed by atoms with Gasteiger partial charge in [-0.15, -0.1) is 0 Å². The van der Waals surface area contributed by atoms with Crippen molar-refractivity contribution in [3.8, 4) is 11.5 Å². The molecular weight excluding hydrogens is 328 g/mol. The maximum absolute atomic E-state index is 13.7. The largest absolute Gasteiger partial charge is 0.508 e. The lowest BCUT2D eigenvalue weighted by Gasteiger charge is -2.49. The molecule has 4 aliphatic rings. The Morgan fingerprint density at radius 3 is 2.62 bits per heavy atom. The van der Waals surface area contributed by atoms with Crippen LogP contribution in [0.4, 0.5) is 0 Å². The van der Waals surface area contributed by atoms with E-state index < -0.39 is 10.8 Å². The van der Waals surface area contributed by atoms with Gasteiger partial charge in [-0.05, 0) is 44.7 Å². The van der Waals surface area contributed by atoms with E-state index in [1.54, 1.807) is 0 Å². The number of hydrogen-bond acceptors (Lipinski definition) is 4. The number of aromatic hydroxyl groups is 2. The lowest BCUT2D eigenvalue weighted by molar-refractivity contribution is -0.148. The highest BCUT2D eigenvalue weighted by atomic mass is 16.3. The molecule has 134 valence electrons. The van der Waals surface area contributed by atoms with E-state index in [-0.39, 0.29) is 47.2 Å². The van der Waals surface area contributed by atoms with Crippen LogP contribution in [0.1, 0.15) is 50.2 Å². The van der Waals surface area contributed by atoms with E-state index in [0.717, 1.165) is 11.1 Å². The van der Waals surface area contributed by atoms with Gasteiger partial charge in [0.05, 0.1) is 10.8 Å². The van der Waals surface area contributed by atoms with Crippen molar-refractivity contribution in [2.24, 2.45) is 17.3 Å². The number of allylic oxidation sites excluding steroid dienone is 3. The Kier molecular flexibility index (Phi) is 2.73. The minimum absolute atomic E-state index is 0.0128. The molecule has 1 aromatic carbocycles. The van der Waals surface area contributed by atoms with Crippen LogP contribution >= 0.6 is 0 Å². The van der Waals surface area contributed by atoms with Crippen molar-refractivity contribution in [2.45, 2.75) is 44.4 Å². The van der Waals surface area contributed by atoms with Gasteiger partial charge in [-0.3, -0.25) is 9.59 Å². The van der Waals surface area contributed by atoms with Gasteiger partial charge in [-0.25, -0.2) is 0 Å². The third-order valence-corrected chi connectivity index (χ3v) is 7.54. The lowest BCUT2D eigenvalue weighted by atomic mass is 9.49. The van der Waals surface area contributed by atoms with Crippen LogP contribution in [0.15, 0.2) is 35.9 Å². The van der Waals surface area contributed by atoms with Gasteiger partial charge >= 0.3 is 0 Å². The van der Waals surface area contributed by atoms with Gasteiger partial charge in [-0.2, -0.15) is 0 Å². The quantitative estimate of drug-likeness (QED) is 0.600. The van der Waals surface area contributed by atoms with Crippen molar-refractivity contribution in [1.82, 2.24) is 0 Å². The SMILES string of the molecule is C=C(C)C1C[C@@]23C(=O)[C@@H]1CC(=O)[C@@]21CC(C)=C[C@@H]3c2c(O)ccc(O)c21. The number of benzene rings is 1. The Hall–Kier alpha value is -2.36. The Morgan fingerprint density at radius 2 is 1.92 bits per heavy atom. The Labute approximate surface area is 152 Å². The number of phenolic OH excluding ortho intramolecular Hbond substituents is 2. The van der Waals surface area contributed by atoms with Crippen LogP contribution in [-0.4, -0.2) is 21.8 Å². The summed E-state index contributed by atoms with van der Waals surface area (Å²) in [5.41, 5.74) is 1.10. The van der Waals surface area contributed by atoms with E-state index in [0.29, 0.717) is 24.0 Å². The van der Waals surface area contributed by atoms with Crippen LogP contribution in [0.5, 0.6) is 11.5 Å². The Bertz CT molecular complexity index is 955. The first-order valence-electron chi connectivity index (χ1n) is 9.21. The van der Waals surface area contributed by atoms with Crippen LogP contribution in [0.25, 0.3) is 0 Å². The highest BCUT2D eigenvalue weighted by Gasteiger charge is 2.78. The molecule has 4 heteroatoms. The fourth-order valence-corrected chi connectivity index (χ4v) is 6.71. The third-order valence-electron chi connectivity index (χ3n) is 7.54. The lowest BCUT2D eigenvalue weighted by Crippen LogP contribution is -2.58. The van der Waals surface area contributed by atoms with Crippen molar-refractivity contribution in [2.75, 3.05) is 0 Å². The zero-order valence-electron chi connectivity index (χ0n) is 15.0. The topological polar surface area (TPSA) is 74.6 Å². The Balaban J connectivity index is 1.92. The first-order valence-corrected chi connectivity index (χ1v) is 9.21. The third kappa shape index (κ3) is 1.38. The average molecular weight is 350 g/mol. The standard InChI is InChI=1S/C22H22O4/c1-10(2)13-9-21-14-6-11(3)8-22(21,17(25)7-12(13)20(21)26)19-16(24)5-4-15(23)18(14)19/h4-6,12-14,23-24H,1,7-9H2,2-3H3/t12-,13?,14-,21-,22-/m1/s1. The van der Waals surface area contributed by atoms with Crippen molar-refractivity contribution in [1.29, 1.82) is 0 Å². The van der Waals surface area contributed by atoms with Gasteiger partial charge in [0, 0.05) is 29.4 Å². The van der Waals surface area contributed by atoms with Crippen LogP contribution in [0.3, 0.4) is 0 Å². The van der Waals surface area contributed by atoms with Crippen molar-refractivity contribution < 1.29 is 19.8 Å².